The van der Waals surface area contributed by atoms with Crippen LogP contribution in [0.2, 0.25) is 0 Å². The molecule has 0 aliphatic heterocycles. The molecule has 8 nitrogen and oxygen atoms in total. The Kier molecular flexibility index (Phi) is 6.03. The highest BCUT2D eigenvalue weighted by Gasteiger charge is 2.15. The van der Waals surface area contributed by atoms with Crippen molar-refractivity contribution in [1.82, 2.24) is 10.2 Å². The molecule has 2 N–H and O–H groups in total. The van der Waals surface area contributed by atoms with Crippen molar-refractivity contribution in [2.75, 3.05) is 21.3 Å². The molecular weight excluding hydrogens is 408 g/mol. The first kappa shape index (κ1) is 20.9. The molecule has 162 valence electrons. The van der Waals surface area contributed by atoms with Crippen LogP contribution in [-0.2, 0) is 0 Å². The number of benzene rings is 3. The summed E-state index contributed by atoms with van der Waals surface area (Å²) in [5.41, 5.74) is 3.44. The molecule has 0 saturated carbocycles. The maximum atomic E-state index is 12.4. The minimum Gasteiger partial charge on any atom is -0.496 e. The summed E-state index contributed by atoms with van der Waals surface area (Å²) < 4.78 is 16.1. The summed E-state index contributed by atoms with van der Waals surface area (Å²) in [6.45, 7) is 0. The Morgan fingerprint density at radius 1 is 0.688 bits per heavy atom. The van der Waals surface area contributed by atoms with Crippen LogP contribution in [0, 0.1) is 0 Å². The third kappa shape index (κ3) is 4.11. The Balaban J connectivity index is 1.71. The van der Waals surface area contributed by atoms with Gasteiger partial charge in [0.2, 0.25) is 0 Å². The van der Waals surface area contributed by atoms with Crippen LogP contribution in [0.3, 0.4) is 0 Å². The van der Waals surface area contributed by atoms with Gasteiger partial charge >= 0.3 is 0 Å². The molecule has 1 heterocycles. The average Bonchev–Trinajstić information content (AvgIpc) is 3.22. The van der Waals surface area contributed by atoms with Gasteiger partial charge in [0.05, 0.1) is 32.7 Å². The molecule has 0 bridgehead atoms. The largest absolute Gasteiger partial charge is 0.496 e. The summed E-state index contributed by atoms with van der Waals surface area (Å²) in [5.74, 6) is 1.85. The first-order valence-corrected chi connectivity index (χ1v) is 9.83. The molecule has 0 amide bonds. The maximum Gasteiger partial charge on any atom is 0.292 e. The van der Waals surface area contributed by atoms with E-state index in [-0.39, 0.29) is 11.2 Å². The van der Waals surface area contributed by atoms with Crippen LogP contribution >= 0.6 is 0 Å². The summed E-state index contributed by atoms with van der Waals surface area (Å²) >= 11 is 0. The minimum atomic E-state index is -0.379. The number of nitrogens with one attached hydrogen (secondary N) is 2. The Morgan fingerprint density at radius 2 is 1.41 bits per heavy atom. The normalized spacial score (nSPS) is 11.0. The number of hydrogen-bond donors (Lipinski definition) is 2. The van der Waals surface area contributed by atoms with Crippen molar-refractivity contribution >= 4 is 11.4 Å². The van der Waals surface area contributed by atoms with E-state index in [2.05, 4.69) is 20.4 Å². The second kappa shape index (κ2) is 9.22. The lowest BCUT2D eigenvalue weighted by molar-refractivity contribution is 0.355. The molecule has 4 aromatic rings. The van der Waals surface area contributed by atoms with E-state index in [0.29, 0.717) is 28.4 Å². The van der Waals surface area contributed by atoms with Crippen LogP contribution in [0.25, 0.3) is 22.4 Å². The molecule has 0 radical (unpaired) electrons. The van der Waals surface area contributed by atoms with Gasteiger partial charge in [-0.05, 0) is 42.0 Å². The topological polar surface area (TPSA) is 101 Å². The van der Waals surface area contributed by atoms with E-state index in [1.54, 1.807) is 45.6 Å². The Hall–Kier alpha value is -4.33. The van der Waals surface area contributed by atoms with E-state index < -0.39 is 0 Å². The monoisotopic (exact) mass is 430 g/mol. The van der Waals surface area contributed by atoms with Gasteiger partial charge in [-0.3, -0.25) is 15.0 Å². The van der Waals surface area contributed by atoms with E-state index in [9.17, 15) is 4.79 Å². The van der Waals surface area contributed by atoms with E-state index in [4.69, 9.17) is 14.2 Å². The van der Waals surface area contributed by atoms with Crippen LogP contribution in [0.4, 0.5) is 11.4 Å². The highest BCUT2D eigenvalue weighted by Crippen LogP contribution is 2.36. The van der Waals surface area contributed by atoms with Gasteiger partial charge in [-0.1, -0.05) is 30.3 Å². The van der Waals surface area contributed by atoms with Crippen molar-refractivity contribution in [2.24, 2.45) is 10.2 Å². The number of nitrogens with zero attached hydrogens (tertiary/aromatic N) is 2. The number of ether oxygens (including phenoxy) is 3. The molecule has 0 aliphatic carbocycles. The fourth-order valence-electron chi connectivity index (χ4n) is 3.36. The first-order chi connectivity index (χ1) is 15.6. The highest BCUT2D eigenvalue weighted by atomic mass is 16.5. The van der Waals surface area contributed by atoms with Crippen molar-refractivity contribution in [3.8, 4) is 39.6 Å². The SMILES string of the molecule is COc1ccc(-c2[nH][nH]c(=O)c2N=Nc2ccc(OC)c(-c3ccccc3)c2)cc1OC. The van der Waals surface area contributed by atoms with E-state index in [1.165, 1.54) is 0 Å². The van der Waals surface area contributed by atoms with Gasteiger partial charge in [-0.25, -0.2) is 0 Å². The summed E-state index contributed by atoms with van der Waals surface area (Å²) in [6.07, 6.45) is 0. The third-order valence-electron chi connectivity index (χ3n) is 4.96. The lowest BCUT2D eigenvalue weighted by Gasteiger charge is -2.09. The van der Waals surface area contributed by atoms with E-state index in [1.807, 2.05) is 42.5 Å². The molecule has 0 unspecified atom stereocenters. The van der Waals surface area contributed by atoms with E-state index >= 15 is 0 Å². The van der Waals surface area contributed by atoms with Crippen molar-refractivity contribution in [2.45, 2.75) is 0 Å². The van der Waals surface area contributed by atoms with Gasteiger partial charge in [0.15, 0.2) is 17.2 Å². The van der Waals surface area contributed by atoms with Crippen molar-refractivity contribution in [1.29, 1.82) is 0 Å². The van der Waals surface area contributed by atoms with Crippen LogP contribution < -0.4 is 19.8 Å². The number of hydrogen-bond acceptors (Lipinski definition) is 6. The maximum absolute atomic E-state index is 12.4. The Morgan fingerprint density at radius 3 is 2.12 bits per heavy atom. The highest BCUT2D eigenvalue weighted by molar-refractivity contribution is 5.75. The van der Waals surface area contributed by atoms with Gasteiger partial charge < -0.3 is 14.2 Å². The van der Waals surface area contributed by atoms with Crippen molar-refractivity contribution in [3.63, 3.8) is 0 Å². The molecule has 0 aliphatic rings. The predicted octanol–water partition coefficient (Wildman–Crippen LogP) is 5.48. The van der Waals surface area contributed by atoms with Gasteiger partial charge in [0.1, 0.15) is 5.75 Å². The zero-order valence-electron chi connectivity index (χ0n) is 17.9. The van der Waals surface area contributed by atoms with Gasteiger partial charge in [0.25, 0.3) is 5.56 Å². The Bertz CT molecular complexity index is 1310. The zero-order chi connectivity index (χ0) is 22.5. The summed E-state index contributed by atoms with van der Waals surface area (Å²) in [4.78, 5) is 12.4. The minimum absolute atomic E-state index is 0.161. The van der Waals surface area contributed by atoms with Crippen molar-refractivity contribution < 1.29 is 14.2 Å². The van der Waals surface area contributed by atoms with Crippen LogP contribution in [-0.4, -0.2) is 31.5 Å². The smallest absolute Gasteiger partial charge is 0.292 e. The molecule has 0 fully saturated rings. The molecule has 0 saturated heterocycles. The first-order valence-electron chi connectivity index (χ1n) is 9.83. The van der Waals surface area contributed by atoms with Gasteiger partial charge in [-0.2, -0.15) is 5.11 Å². The van der Waals surface area contributed by atoms with Gasteiger partial charge in [-0.15, -0.1) is 5.11 Å². The molecule has 8 heteroatoms. The lowest BCUT2D eigenvalue weighted by Crippen LogP contribution is -1.96. The van der Waals surface area contributed by atoms with Crippen LogP contribution in [0.5, 0.6) is 17.2 Å². The second-order valence-corrected chi connectivity index (χ2v) is 6.82. The van der Waals surface area contributed by atoms with Crippen LogP contribution in [0.15, 0.2) is 81.8 Å². The van der Waals surface area contributed by atoms with E-state index in [0.717, 1.165) is 16.9 Å². The van der Waals surface area contributed by atoms with Crippen molar-refractivity contribution in [3.05, 3.63) is 77.1 Å². The molecule has 3 aromatic carbocycles. The molecule has 4 rings (SSSR count). The molecule has 0 atom stereocenters. The lowest BCUT2D eigenvalue weighted by atomic mass is 10.0. The third-order valence-corrected chi connectivity index (χ3v) is 4.96. The molecular formula is C24H22N4O4. The summed E-state index contributed by atoms with van der Waals surface area (Å²) in [5, 5.41) is 14.0. The fraction of sp³-hybridized carbons (Fsp3) is 0.125. The van der Waals surface area contributed by atoms with Gasteiger partial charge in [0, 0.05) is 11.1 Å². The van der Waals surface area contributed by atoms with Crippen LogP contribution in [0.1, 0.15) is 0 Å². The molecule has 1 aromatic heterocycles. The second-order valence-electron chi connectivity index (χ2n) is 6.82. The zero-order valence-corrected chi connectivity index (χ0v) is 17.9. The number of methoxy groups -OCH3 is 3. The standard InChI is InChI=1S/C24H22N4O4/c1-30-19-12-10-17(14-18(19)15-7-5-4-6-8-15)25-27-23-22(26-28-24(23)29)16-9-11-20(31-2)21(13-16)32-3/h4-14H,1-3H3,(H2,26,28,29). The fourth-order valence-corrected chi connectivity index (χ4v) is 3.36. The summed E-state index contributed by atoms with van der Waals surface area (Å²) in [6, 6.07) is 20.7. The summed E-state index contributed by atoms with van der Waals surface area (Å²) in [7, 11) is 4.74. The number of rotatable bonds is 7. The number of aromatic nitrogens is 2. The molecule has 0 spiro atoms. The quantitative estimate of drug-likeness (QED) is 0.379. The molecule has 32 heavy (non-hydrogen) atoms. The predicted molar refractivity (Wildman–Crippen MR) is 123 cm³/mol. The number of aromatic amines is 2. The number of H-pyrrole nitrogens is 2. The Labute approximate surface area is 184 Å². The average molecular weight is 430 g/mol. The number of azo groups is 1.